The molecule has 0 spiro atoms. The van der Waals surface area contributed by atoms with Crippen molar-refractivity contribution in [1.82, 2.24) is 0 Å². The van der Waals surface area contributed by atoms with Gasteiger partial charge >= 0.3 is 0 Å². The van der Waals surface area contributed by atoms with E-state index in [9.17, 15) is 18.3 Å². The first-order chi connectivity index (χ1) is 12.8. The van der Waals surface area contributed by atoms with E-state index < -0.39 is 15.6 Å². The summed E-state index contributed by atoms with van der Waals surface area (Å²) in [6.07, 6.45) is 0.590. The van der Waals surface area contributed by atoms with E-state index >= 15 is 0 Å². The molecular weight excluding hydrogens is 411 g/mol. The molecule has 0 saturated carbocycles. The predicted molar refractivity (Wildman–Crippen MR) is 102 cm³/mol. The maximum atomic E-state index is 12.8. The summed E-state index contributed by atoms with van der Waals surface area (Å²) in [5, 5.41) is 10.2. The lowest BCUT2D eigenvalue weighted by atomic mass is 10.2. The van der Waals surface area contributed by atoms with Crippen LogP contribution in [0, 0.1) is 0 Å². The number of carbonyl (C=O) groups excluding carboxylic acids is 1. The summed E-state index contributed by atoms with van der Waals surface area (Å²) in [5.74, 6) is -0.248. The number of halogens is 2. The van der Waals surface area contributed by atoms with Gasteiger partial charge in [0.05, 0.1) is 14.9 Å². The van der Waals surface area contributed by atoms with Gasteiger partial charge in [0.25, 0.3) is 0 Å². The smallest absolute Gasteiger partial charge is 0.210 e. The average molecular weight is 423 g/mol. The molecule has 0 radical (unpaired) electrons. The second-order valence-corrected chi connectivity index (χ2v) is 8.21. The first-order valence-corrected chi connectivity index (χ1v) is 9.82. The second kappa shape index (κ2) is 7.60. The molecule has 0 heterocycles. The van der Waals surface area contributed by atoms with Crippen molar-refractivity contribution >= 4 is 39.3 Å². The molecule has 0 aromatic heterocycles. The minimum Gasteiger partial charge on any atom is -0.507 e. The summed E-state index contributed by atoms with van der Waals surface area (Å²) >= 11 is 12.2. The predicted octanol–water partition coefficient (Wildman–Crippen LogP) is 5.14. The lowest BCUT2D eigenvalue weighted by molar-refractivity contribution is 0.112. The molecule has 3 aromatic rings. The fraction of sp³-hybridized carbons (Fsp3) is 0. The number of ether oxygens (including phenoxy) is 1. The molecule has 3 aromatic carbocycles. The van der Waals surface area contributed by atoms with Crippen molar-refractivity contribution in [2.75, 3.05) is 0 Å². The Kier molecular flexibility index (Phi) is 5.41. The van der Waals surface area contributed by atoms with Gasteiger partial charge < -0.3 is 9.84 Å². The number of aldehydes is 1. The average Bonchev–Trinajstić information content (AvgIpc) is 2.66. The zero-order valence-corrected chi connectivity index (χ0v) is 15.9. The quantitative estimate of drug-likeness (QED) is 0.575. The van der Waals surface area contributed by atoms with Crippen molar-refractivity contribution < 1.29 is 23.1 Å². The van der Waals surface area contributed by atoms with Crippen molar-refractivity contribution in [3.8, 4) is 17.2 Å². The number of aromatic hydroxyl groups is 1. The molecule has 3 rings (SSSR count). The Morgan fingerprint density at radius 1 is 0.926 bits per heavy atom. The second-order valence-electron chi connectivity index (χ2n) is 5.48. The van der Waals surface area contributed by atoms with Gasteiger partial charge in [0.2, 0.25) is 9.84 Å². The molecule has 5 nitrogen and oxygen atoms in total. The molecular formula is C19H12Cl2O5S. The number of benzene rings is 3. The van der Waals surface area contributed by atoms with Gasteiger partial charge in [-0.15, -0.1) is 0 Å². The molecule has 1 N–H and O–H groups in total. The van der Waals surface area contributed by atoms with Gasteiger partial charge in [-0.25, -0.2) is 8.42 Å². The van der Waals surface area contributed by atoms with Crippen LogP contribution >= 0.6 is 23.2 Å². The van der Waals surface area contributed by atoms with E-state index in [0.717, 1.165) is 0 Å². The van der Waals surface area contributed by atoms with Crippen LogP contribution in [0.25, 0.3) is 0 Å². The van der Waals surface area contributed by atoms with E-state index in [0.29, 0.717) is 6.29 Å². The number of phenols is 1. The van der Waals surface area contributed by atoms with Crippen LogP contribution in [0.2, 0.25) is 10.0 Å². The standard InChI is InChI=1S/C19H12Cl2O5S/c20-15-8-12(11-22)9-16(21)19(15)26-13-6-7-17(23)18(10-13)27(24,25)14-4-2-1-3-5-14/h1-11,23H. The summed E-state index contributed by atoms with van der Waals surface area (Å²) in [7, 11) is -3.96. The number of rotatable bonds is 5. The fourth-order valence-corrected chi connectivity index (χ4v) is 4.33. The molecule has 0 aliphatic heterocycles. The third-order valence-electron chi connectivity index (χ3n) is 3.65. The highest BCUT2D eigenvalue weighted by Gasteiger charge is 2.22. The van der Waals surface area contributed by atoms with Crippen LogP contribution in [0.5, 0.6) is 17.2 Å². The maximum Gasteiger partial charge on any atom is 0.210 e. The van der Waals surface area contributed by atoms with E-state index in [1.54, 1.807) is 18.2 Å². The Balaban J connectivity index is 2.04. The highest BCUT2D eigenvalue weighted by atomic mass is 35.5. The number of carbonyl (C=O) groups is 1. The fourth-order valence-electron chi connectivity index (χ4n) is 2.36. The van der Waals surface area contributed by atoms with Gasteiger partial charge in [0.15, 0.2) is 5.75 Å². The molecule has 0 atom stereocenters. The number of phenolic OH excluding ortho intramolecular Hbond substituents is 1. The van der Waals surface area contributed by atoms with Crippen LogP contribution < -0.4 is 4.74 Å². The summed E-state index contributed by atoms with van der Waals surface area (Å²) in [5.41, 5.74) is 0.274. The highest BCUT2D eigenvalue weighted by molar-refractivity contribution is 7.91. The molecule has 0 aliphatic carbocycles. The van der Waals surface area contributed by atoms with Gasteiger partial charge in [-0.3, -0.25) is 4.79 Å². The highest BCUT2D eigenvalue weighted by Crippen LogP contribution is 2.39. The molecule has 0 unspecified atom stereocenters. The first kappa shape index (κ1) is 19.2. The van der Waals surface area contributed by atoms with E-state index in [1.165, 1.54) is 42.5 Å². The van der Waals surface area contributed by atoms with E-state index in [4.69, 9.17) is 27.9 Å². The van der Waals surface area contributed by atoms with Crippen LogP contribution in [0.1, 0.15) is 10.4 Å². The SMILES string of the molecule is O=Cc1cc(Cl)c(Oc2ccc(O)c(S(=O)(=O)c3ccccc3)c2)c(Cl)c1. The molecule has 0 saturated heterocycles. The summed E-state index contributed by atoms with van der Waals surface area (Å²) in [6.45, 7) is 0. The number of hydrogen-bond donors (Lipinski definition) is 1. The Morgan fingerprint density at radius 3 is 2.15 bits per heavy atom. The Hall–Kier alpha value is -2.54. The Bertz CT molecular complexity index is 1090. The van der Waals surface area contributed by atoms with Gasteiger partial charge in [-0.1, -0.05) is 41.4 Å². The minimum absolute atomic E-state index is 0.0313. The molecule has 0 amide bonds. The van der Waals surface area contributed by atoms with E-state index in [-0.39, 0.29) is 36.9 Å². The zero-order valence-electron chi connectivity index (χ0n) is 13.6. The van der Waals surface area contributed by atoms with Gasteiger partial charge in [-0.2, -0.15) is 0 Å². The van der Waals surface area contributed by atoms with Gasteiger partial charge in [0, 0.05) is 11.6 Å². The van der Waals surface area contributed by atoms with E-state index in [1.807, 2.05) is 0 Å². The molecule has 27 heavy (non-hydrogen) atoms. The van der Waals surface area contributed by atoms with Crippen LogP contribution in [0.3, 0.4) is 0 Å². The third kappa shape index (κ3) is 3.93. The number of hydrogen-bond acceptors (Lipinski definition) is 5. The normalized spacial score (nSPS) is 11.2. The van der Waals surface area contributed by atoms with Crippen molar-refractivity contribution in [3.63, 3.8) is 0 Å². The first-order valence-electron chi connectivity index (χ1n) is 7.58. The van der Waals surface area contributed by atoms with Gasteiger partial charge in [-0.05, 0) is 36.4 Å². The van der Waals surface area contributed by atoms with Crippen molar-refractivity contribution in [3.05, 3.63) is 76.3 Å². The maximum absolute atomic E-state index is 12.8. The Labute approximate surface area is 165 Å². The topological polar surface area (TPSA) is 80.7 Å². The van der Waals surface area contributed by atoms with E-state index in [2.05, 4.69) is 0 Å². The van der Waals surface area contributed by atoms with Crippen molar-refractivity contribution in [1.29, 1.82) is 0 Å². The molecule has 0 fully saturated rings. The zero-order chi connectivity index (χ0) is 19.6. The number of sulfone groups is 1. The van der Waals surface area contributed by atoms with Crippen LogP contribution in [-0.4, -0.2) is 19.8 Å². The molecule has 0 aliphatic rings. The van der Waals surface area contributed by atoms with Crippen molar-refractivity contribution in [2.45, 2.75) is 9.79 Å². The van der Waals surface area contributed by atoms with Crippen molar-refractivity contribution in [2.24, 2.45) is 0 Å². The minimum atomic E-state index is -3.96. The molecule has 0 bridgehead atoms. The Morgan fingerprint density at radius 2 is 1.56 bits per heavy atom. The monoisotopic (exact) mass is 422 g/mol. The summed E-state index contributed by atoms with van der Waals surface area (Å²) in [4.78, 5) is 10.6. The molecule has 138 valence electrons. The lowest BCUT2D eigenvalue weighted by Crippen LogP contribution is -2.02. The van der Waals surface area contributed by atoms with Crippen LogP contribution in [-0.2, 0) is 9.84 Å². The largest absolute Gasteiger partial charge is 0.507 e. The molecule has 8 heteroatoms. The van der Waals surface area contributed by atoms with Crippen LogP contribution in [0.15, 0.2) is 70.5 Å². The summed E-state index contributed by atoms with van der Waals surface area (Å²) < 4.78 is 31.2. The van der Waals surface area contributed by atoms with Crippen LogP contribution in [0.4, 0.5) is 0 Å². The summed E-state index contributed by atoms with van der Waals surface area (Å²) in [6, 6.07) is 14.2. The van der Waals surface area contributed by atoms with Gasteiger partial charge in [0.1, 0.15) is 22.7 Å². The third-order valence-corrected chi connectivity index (χ3v) is 6.01. The lowest BCUT2D eigenvalue weighted by Gasteiger charge is -2.12.